The van der Waals surface area contributed by atoms with Crippen molar-refractivity contribution in [3.05, 3.63) is 34.6 Å². The summed E-state index contributed by atoms with van der Waals surface area (Å²) in [5, 5.41) is 8.66. The standard InChI is InChI=1S/C13H18N4O4S3/c1-13(2,3)9-5-7-10(8-6-9)24(20,21)16-11-17(4)15-12(22-11)23(14,18)19/h5-8H,1-4H3,(H2,14,18,19)/b16-11+. The fourth-order valence-electron chi connectivity index (χ4n) is 1.80. The molecular formula is C13H18N4O4S3. The molecule has 1 aromatic carbocycles. The van der Waals surface area contributed by atoms with Crippen LogP contribution in [0, 0.1) is 0 Å². The molecule has 132 valence electrons. The zero-order valence-corrected chi connectivity index (χ0v) is 16.0. The molecule has 8 nitrogen and oxygen atoms in total. The van der Waals surface area contributed by atoms with E-state index in [0.29, 0.717) is 11.3 Å². The molecule has 0 saturated heterocycles. The Morgan fingerprint density at radius 1 is 1.12 bits per heavy atom. The van der Waals surface area contributed by atoms with Gasteiger partial charge in [0.05, 0.1) is 4.90 Å². The highest BCUT2D eigenvalue weighted by atomic mass is 32.2. The number of sulfonamides is 2. The molecule has 0 fully saturated rings. The van der Waals surface area contributed by atoms with E-state index in [1.807, 2.05) is 20.8 Å². The van der Waals surface area contributed by atoms with Crippen molar-refractivity contribution in [3.63, 3.8) is 0 Å². The third-order valence-electron chi connectivity index (χ3n) is 3.15. The molecule has 11 heteroatoms. The minimum Gasteiger partial charge on any atom is -0.239 e. The van der Waals surface area contributed by atoms with Gasteiger partial charge in [-0.3, -0.25) is 0 Å². The SMILES string of the molecule is Cn1nc(S(N)(=O)=O)s/c1=N/S(=O)(=O)c1ccc(C(C)(C)C)cc1. The summed E-state index contributed by atoms with van der Waals surface area (Å²) in [4.78, 5) is -0.0695. The van der Waals surface area contributed by atoms with Crippen LogP contribution in [0.5, 0.6) is 0 Å². The summed E-state index contributed by atoms with van der Waals surface area (Å²) in [6.45, 7) is 6.06. The van der Waals surface area contributed by atoms with E-state index in [2.05, 4.69) is 9.50 Å². The van der Waals surface area contributed by atoms with E-state index in [-0.39, 0.29) is 15.1 Å². The number of rotatable bonds is 3. The van der Waals surface area contributed by atoms with Gasteiger partial charge in [-0.25, -0.2) is 18.2 Å². The van der Waals surface area contributed by atoms with Crippen LogP contribution in [-0.2, 0) is 32.5 Å². The largest absolute Gasteiger partial charge is 0.285 e. The minimum atomic E-state index is -4.01. The van der Waals surface area contributed by atoms with Gasteiger partial charge in [0.25, 0.3) is 20.0 Å². The molecule has 0 saturated carbocycles. The molecule has 1 aromatic heterocycles. The van der Waals surface area contributed by atoms with Crippen LogP contribution in [0.25, 0.3) is 0 Å². The molecule has 24 heavy (non-hydrogen) atoms. The lowest BCUT2D eigenvalue weighted by Crippen LogP contribution is -2.15. The molecule has 0 radical (unpaired) electrons. The second kappa shape index (κ2) is 6.06. The Kier molecular flexibility index (Phi) is 4.74. The zero-order valence-electron chi connectivity index (χ0n) is 13.6. The van der Waals surface area contributed by atoms with Gasteiger partial charge in [-0.2, -0.15) is 8.42 Å². The lowest BCUT2D eigenvalue weighted by molar-refractivity contribution is 0.585. The quantitative estimate of drug-likeness (QED) is 0.826. The van der Waals surface area contributed by atoms with Crippen LogP contribution in [0.3, 0.4) is 0 Å². The summed E-state index contributed by atoms with van der Waals surface area (Å²) in [6, 6.07) is 6.40. The lowest BCUT2D eigenvalue weighted by Gasteiger charge is -2.18. The second-order valence-electron chi connectivity index (χ2n) is 6.16. The molecule has 0 atom stereocenters. The Bertz CT molecular complexity index is 1020. The van der Waals surface area contributed by atoms with Crippen LogP contribution in [-0.4, -0.2) is 26.6 Å². The van der Waals surface area contributed by atoms with Crippen molar-refractivity contribution in [2.75, 3.05) is 0 Å². The van der Waals surface area contributed by atoms with Crippen LogP contribution in [0.4, 0.5) is 0 Å². The van der Waals surface area contributed by atoms with Crippen LogP contribution < -0.4 is 9.94 Å². The first-order chi connectivity index (χ1) is 10.8. The van der Waals surface area contributed by atoms with Crippen LogP contribution in [0.1, 0.15) is 26.3 Å². The normalized spacial score (nSPS) is 14.1. The Hall–Kier alpha value is -1.56. The van der Waals surface area contributed by atoms with Crippen molar-refractivity contribution >= 4 is 31.4 Å². The molecule has 0 amide bonds. The van der Waals surface area contributed by atoms with E-state index < -0.39 is 24.4 Å². The lowest BCUT2D eigenvalue weighted by atomic mass is 9.87. The highest BCUT2D eigenvalue weighted by Gasteiger charge is 2.19. The van der Waals surface area contributed by atoms with Gasteiger partial charge < -0.3 is 0 Å². The number of benzene rings is 1. The average Bonchev–Trinajstić information content (AvgIpc) is 2.79. The van der Waals surface area contributed by atoms with Gasteiger partial charge in [0.15, 0.2) is 0 Å². The monoisotopic (exact) mass is 390 g/mol. The summed E-state index contributed by atoms with van der Waals surface area (Å²) in [5.41, 5.74) is 0.884. The molecule has 0 aliphatic heterocycles. The van der Waals surface area contributed by atoms with Gasteiger partial charge in [-0.15, -0.1) is 9.50 Å². The van der Waals surface area contributed by atoms with Gasteiger partial charge in [0, 0.05) is 7.05 Å². The van der Waals surface area contributed by atoms with Gasteiger partial charge in [-0.05, 0) is 23.1 Å². The summed E-state index contributed by atoms with van der Waals surface area (Å²) in [6.07, 6.45) is 0. The maximum Gasteiger partial charge on any atom is 0.285 e. The van der Waals surface area contributed by atoms with Crippen molar-refractivity contribution in [2.24, 2.45) is 16.6 Å². The first-order valence-electron chi connectivity index (χ1n) is 6.79. The zero-order chi connectivity index (χ0) is 18.3. The summed E-state index contributed by atoms with van der Waals surface area (Å²) in [5.74, 6) is 0. The molecule has 2 N–H and O–H groups in total. The average molecular weight is 391 g/mol. The maximum atomic E-state index is 12.4. The number of aryl methyl sites for hydroxylation is 1. The van der Waals surface area contributed by atoms with Crippen molar-refractivity contribution in [1.29, 1.82) is 0 Å². The predicted molar refractivity (Wildman–Crippen MR) is 90.3 cm³/mol. The molecule has 2 aromatic rings. The molecule has 0 spiro atoms. The maximum absolute atomic E-state index is 12.4. The van der Waals surface area contributed by atoms with Crippen molar-refractivity contribution in [2.45, 2.75) is 35.4 Å². The van der Waals surface area contributed by atoms with E-state index in [9.17, 15) is 16.8 Å². The molecule has 0 unspecified atom stereocenters. The third kappa shape index (κ3) is 4.09. The van der Waals surface area contributed by atoms with Crippen molar-refractivity contribution in [1.82, 2.24) is 9.78 Å². The van der Waals surface area contributed by atoms with Gasteiger partial charge >= 0.3 is 0 Å². The summed E-state index contributed by atoms with van der Waals surface area (Å²) in [7, 11) is -6.62. The Balaban J connectivity index is 2.51. The van der Waals surface area contributed by atoms with Gasteiger partial charge in [-0.1, -0.05) is 44.2 Å². The fourth-order valence-corrected chi connectivity index (χ4v) is 4.57. The summed E-state index contributed by atoms with van der Waals surface area (Å²) < 4.78 is 51.7. The fraction of sp³-hybridized carbons (Fsp3) is 0.385. The number of primary sulfonamides is 1. The molecule has 0 aliphatic rings. The Morgan fingerprint density at radius 2 is 1.67 bits per heavy atom. The minimum absolute atomic E-state index is 0.0149. The van der Waals surface area contributed by atoms with Crippen LogP contribution in [0.15, 0.2) is 37.9 Å². The van der Waals surface area contributed by atoms with E-state index in [0.717, 1.165) is 10.2 Å². The number of aromatic nitrogens is 2. The number of hydrogen-bond donors (Lipinski definition) is 1. The van der Waals surface area contributed by atoms with Crippen molar-refractivity contribution < 1.29 is 16.8 Å². The number of nitrogens with zero attached hydrogens (tertiary/aromatic N) is 3. The van der Waals surface area contributed by atoms with Crippen LogP contribution >= 0.6 is 11.3 Å². The van der Waals surface area contributed by atoms with Crippen molar-refractivity contribution in [3.8, 4) is 0 Å². The smallest absolute Gasteiger partial charge is 0.239 e. The highest BCUT2D eigenvalue weighted by Crippen LogP contribution is 2.23. The van der Waals surface area contributed by atoms with Crippen LogP contribution in [0.2, 0.25) is 0 Å². The molecular weight excluding hydrogens is 372 g/mol. The number of hydrogen-bond acceptors (Lipinski definition) is 6. The first kappa shape index (κ1) is 18.8. The molecule has 0 aliphatic carbocycles. The third-order valence-corrected chi connectivity index (χ3v) is 6.85. The van der Waals surface area contributed by atoms with Gasteiger partial charge in [0.1, 0.15) is 0 Å². The van der Waals surface area contributed by atoms with E-state index in [1.54, 1.807) is 12.1 Å². The van der Waals surface area contributed by atoms with E-state index >= 15 is 0 Å². The highest BCUT2D eigenvalue weighted by molar-refractivity contribution is 7.91. The van der Waals surface area contributed by atoms with E-state index in [1.165, 1.54) is 19.2 Å². The molecule has 1 heterocycles. The van der Waals surface area contributed by atoms with Gasteiger partial charge in [0.2, 0.25) is 9.14 Å². The summed E-state index contributed by atoms with van der Waals surface area (Å²) >= 11 is 0.588. The topological polar surface area (TPSA) is 124 Å². The molecule has 2 rings (SSSR count). The van der Waals surface area contributed by atoms with E-state index in [4.69, 9.17) is 5.14 Å². The number of nitrogens with two attached hydrogens (primary N) is 1. The second-order valence-corrected chi connectivity index (χ2v) is 10.5. The Morgan fingerprint density at radius 3 is 2.08 bits per heavy atom. The molecule has 0 bridgehead atoms. The first-order valence-corrected chi connectivity index (χ1v) is 10.6. The predicted octanol–water partition coefficient (Wildman–Crippen LogP) is 0.716. The Labute approximate surface area is 144 Å².